The van der Waals surface area contributed by atoms with Gasteiger partial charge in [-0.05, 0) is 19.8 Å². The third kappa shape index (κ3) is 1.08. The van der Waals surface area contributed by atoms with Crippen LogP contribution in [0.2, 0.25) is 0 Å². The molecule has 2 nitrogen and oxygen atoms in total. The summed E-state index contributed by atoms with van der Waals surface area (Å²) in [7, 11) is 1.77. The Bertz CT molecular complexity index is 265. The Labute approximate surface area is 70.2 Å². The van der Waals surface area contributed by atoms with Crippen molar-refractivity contribution in [1.82, 2.24) is 4.98 Å². The van der Waals surface area contributed by atoms with Gasteiger partial charge in [0.25, 0.3) is 0 Å². The zero-order valence-electron chi connectivity index (χ0n) is 6.76. The van der Waals surface area contributed by atoms with Gasteiger partial charge in [0.1, 0.15) is 5.60 Å². The molecular formula is C8H11NOS. The predicted molar refractivity (Wildman–Crippen MR) is 44.8 cm³/mol. The molecule has 0 N–H and O–H groups in total. The number of rotatable bonds is 2. The van der Waals surface area contributed by atoms with Crippen LogP contribution in [0.3, 0.4) is 0 Å². The van der Waals surface area contributed by atoms with Crippen molar-refractivity contribution in [3.63, 3.8) is 0 Å². The zero-order valence-corrected chi connectivity index (χ0v) is 7.57. The topological polar surface area (TPSA) is 22.1 Å². The van der Waals surface area contributed by atoms with Gasteiger partial charge in [-0.2, -0.15) is 0 Å². The van der Waals surface area contributed by atoms with Crippen molar-refractivity contribution in [3.05, 3.63) is 16.1 Å². The first kappa shape index (κ1) is 7.25. The Balaban J connectivity index is 2.29. The number of ether oxygens (including phenoxy) is 1. The molecule has 0 amide bonds. The fourth-order valence-electron chi connectivity index (χ4n) is 1.25. The lowest BCUT2D eigenvalue weighted by molar-refractivity contribution is 0.0756. The molecule has 1 aliphatic rings. The first-order chi connectivity index (χ1) is 5.27. The first-order valence-electron chi connectivity index (χ1n) is 3.75. The van der Waals surface area contributed by atoms with E-state index in [1.807, 2.05) is 6.92 Å². The second kappa shape index (κ2) is 2.29. The first-order valence-corrected chi connectivity index (χ1v) is 4.62. The minimum Gasteiger partial charge on any atom is -0.372 e. The van der Waals surface area contributed by atoms with E-state index in [1.54, 1.807) is 18.4 Å². The Hall–Kier alpha value is -0.410. The summed E-state index contributed by atoms with van der Waals surface area (Å²) >= 11 is 1.70. The molecule has 60 valence electrons. The molecule has 1 heterocycles. The van der Waals surface area contributed by atoms with Crippen LogP contribution in [0.4, 0.5) is 0 Å². The minimum absolute atomic E-state index is 0.00472. The van der Waals surface area contributed by atoms with E-state index in [4.69, 9.17) is 4.74 Å². The molecule has 1 aliphatic carbocycles. The summed E-state index contributed by atoms with van der Waals surface area (Å²) in [4.78, 5) is 4.41. The molecule has 0 aromatic carbocycles. The highest BCUT2D eigenvalue weighted by Crippen LogP contribution is 2.48. The van der Waals surface area contributed by atoms with Crippen molar-refractivity contribution in [3.8, 4) is 0 Å². The van der Waals surface area contributed by atoms with Crippen LogP contribution in [-0.2, 0) is 10.3 Å². The summed E-state index contributed by atoms with van der Waals surface area (Å²) < 4.78 is 5.39. The van der Waals surface area contributed by atoms with Crippen molar-refractivity contribution in [2.45, 2.75) is 25.4 Å². The molecular weight excluding hydrogens is 158 g/mol. The Morgan fingerprint density at radius 1 is 1.64 bits per heavy atom. The smallest absolute Gasteiger partial charge is 0.111 e. The van der Waals surface area contributed by atoms with E-state index >= 15 is 0 Å². The van der Waals surface area contributed by atoms with Crippen molar-refractivity contribution in [1.29, 1.82) is 0 Å². The van der Waals surface area contributed by atoms with Crippen LogP contribution in [-0.4, -0.2) is 12.1 Å². The molecule has 0 bridgehead atoms. The highest BCUT2D eigenvalue weighted by atomic mass is 32.1. The number of aryl methyl sites for hydroxylation is 1. The van der Waals surface area contributed by atoms with E-state index in [-0.39, 0.29) is 5.60 Å². The molecule has 1 saturated carbocycles. The van der Waals surface area contributed by atoms with Crippen LogP contribution in [0.15, 0.2) is 5.38 Å². The molecule has 3 heteroatoms. The fraction of sp³-hybridized carbons (Fsp3) is 0.625. The minimum atomic E-state index is 0.00472. The summed E-state index contributed by atoms with van der Waals surface area (Å²) in [5, 5.41) is 3.23. The summed E-state index contributed by atoms with van der Waals surface area (Å²) in [6, 6.07) is 0. The van der Waals surface area contributed by atoms with Crippen LogP contribution >= 0.6 is 11.3 Å². The molecule has 0 aliphatic heterocycles. The van der Waals surface area contributed by atoms with Gasteiger partial charge in [-0.15, -0.1) is 11.3 Å². The zero-order chi connectivity index (χ0) is 7.90. The van der Waals surface area contributed by atoms with Gasteiger partial charge in [0, 0.05) is 12.5 Å². The Morgan fingerprint density at radius 2 is 2.36 bits per heavy atom. The maximum atomic E-state index is 5.39. The van der Waals surface area contributed by atoms with E-state index in [9.17, 15) is 0 Å². The number of methoxy groups -OCH3 is 1. The summed E-state index contributed by atoms with van der Waals surface area (Å²) in [5.41, 5.74) is 1.13. The highest BCUT2D eigenvalue weighted by Gasteiger charge is 2.46. The maximum Gasteiger partial charge on any atom is 0.111 e. The van der Waals surface area contributed by atoms with E-state index in [1.165, 1.54) is 0 Å². The molecule has 0 radical (unpaired) electrons. The van der Waals surface area contributed by atoms with Gasteiger partial charge in [0.2, 0.25) is 0 Å². The molecule has 1 fully saturated rings. The SMILES string of the molecule is COC1(c2csc(C)n2)CC1. The van der Waals surface area contributed by atoms with Crippen LogP contribution in [0.1, 0.15) is 23.5 Å². The molecule has 0 atom stereocenters. The lowest BCUT2D eigenvalue weighted by Crippen LogP contribution is -2.08. The predicted octanol–water partition coefficient (Wildman–Crippen LogP) is 2.09. The van der Waals surface area contributed by atoms with Crippen molar-refractivity contribution < 1.29 is 4.74 Å². The average molecular weight is 169 g/mol. The van der Waals surface area contributed by atoms with Gasteiger partial charge in [-0.1, -0.05) is 0 Å². The maximum absolute atomic E-state index is 5.39. The largest absolute Gasteiger partial charge is 0.372 e. The molecule has 11 heavy (non-hydrogen) atoms. The molecule has 0 saturated heterocycles. The van der Waals surface area contributed by atoms with E-state index < -0.39 is 0 Å². The second-order valence-corrected chi connectivity index (χ2v) is 4.01. The van der Waals surface area contributed by atoms with Crippen LogP contribution in [0.25, 0.3) is 0 Å². The second-order valence-electron chi connectivity index (χ2n) is 2.95. The summed E-state index contributed by atoms with van der Waals surface area (Å²) in [6.45, 7) is 2.03. The quantitative estimate of drug-likeness (QED) is 0.676. The normalized spacial score (nSPS) is 20.2. The Kier molecular flexibility index (Phi) is 1.51. The van der Waals surface area contributed by atoms with Gasteiger partial charge in [0.05, 0.1) is 10.7 Å². The lowest BCUT2D eigenvalue weighted by Gasteiger charge is -2.08. The number of hydrogen-bond donors (Lipinski definition) is 0. The average Bonchev–Trinajstić information content (AvgIpc) is 2.70. The van der Waals surface area contributed by atoms with Crippen molar-refractivity contribution in [2.24, 2.45) is 0 Å². The number of hydrogen-bond acceptors (Lipinski definition) is 3. The van der Waals surface area contributed by atoms with Crippen molar-refractivity contribution in [2.75, 3.05) is 7.11 Å². The van der Waals surface area contributed by atoms with Crippen LogP contribution < -0.4 is 0 Å². The third-order valence-electron chi connectivity index (χ3n) is 2.18. The van der Waals surface area contributed by atoms with E-state index in [0.717, 1.165) is 23.5 Å². The molecule has 0 unspecified atom stereocenters. The number of thiazole rings is 1. The van der Waals surface area contributed by atoms with Gasteiger partial charge in [-0.25, -0.2) is 4.98 Å². The molecule has 1 aromatic heterocycles. The van der Waals surface area contributed by atoms with E-state index in [0.29, 0.717) is 0 Å². The van der Waals surface area contributed by atoms with Gasteiger partial charge >= 0.3 is 0 Å². The number of nitrogens with zero attached hydrogens (tertiary/aromatic N) is 1. The lowest BCUT2D eigenvalue weighted by atomic mass is 10.2. The van der Waals surface area contributed by atoms with Crippen LogP contribution in [0.5, 0.6) is 0 Å². The highest BCUT2D eigenvalue weighted by molar-refractivity contribution is 7.09. The van der Waals surface area contributed by atoms with E-state index in [2.05, 4.69) is 10.4 Å². The summed E-state index contributed by atoms with van der Waals surface area (Å²) in [5.74, 6) is 0. The Morgan fingerprint density at radius 3 is 2.73 bits per heavy atom. The molecule has 0 spiro atoms. The molecule has 1 aromatic rings. The summed E-state index contributed by atoms with van der Waals surface area (Å²) in [6.07, 6.45) is 2.26. The number of aromatic nitrogens is 1. The molecule has 2 rings (SSSR count). The fourth-order valence-corrected chi connectivity index (χ4v) is 1.95. The van der Waals surface area contributed by atoms with Gasteiger partial charge < -0.3 is 4.74 Å². The van der Waals surface area contributed by atoms with Crippen molar-refractivity contribution >= 4 is 11.3 Å². The van der Waals surface area contributed by atoms with Gasteiger partial charge in [0.15, 0.2) is 0 Å². The van der Waals surface area contributed by atoms with Gasteiger partial charge in [-0.3, -0.25) is 0 Å². The van der Waals surface area contributed by atoms with Crippen LogP contribution in [0, 0.1) is 6.92 Å². The third-order valence-corrected chi connectivity index (χ3v) is 2.95. The monoisotopic (exact) mass is 169 g/mol. The standard InChI is InChI=1S/C8H11NOS/c1-6-9-7(5-11-6)8(10-2)3-4-8/h5H,3-4H2,1-2H3.